The first-order valence-corrected chi connectivity index (χ1v) is 17.8. The van der Waals surface area contributed by atoms with Gasteiger partial charge in [0.2, 0.25) is 11.8 Å². The fraction of sp³-hybridized carbons (Fsp3) is 0.583. The van der Waals surface area contributed by atoms with Crippen LogP contribution in [0, 0.1) is 17.8 Å². The summed E-state index contributed by atoms with van der Waals surface area (Å²) in [7, 11) is 2.14. The highest BCUT2D eigenvalue weighted by molar-refractivity contribution is 6.33. The third-order valence-electron chi connectivity index (χ3n) is 11.1. The molecule has 4 aliphatic rings. The van der Waals surface area contributed by atoms with Gasteiger partial charge in [0, 0.05) is 50.9 Å². The van der Waals surface area contributed by atoms with E-state index in [1.165, 1.54) is 6.07 Å². The van der Waals surface area contributed by atoms with E-state index in [0.717, 1.165) is 56.1 Å². The molecule has 4 amide bonds. The van der Waals surface area contributed by atoms with E-state index in [9.17, 15) is 27.6 Å². The van der Waals surface area contributed by atoms with Gasteiger partial charge in [-0.25, -0.2) is 4.79 Å². The molecule has 266 valence electrons. The second-order valence-electron chi connectivity index (χ2n) is 14.3. The Morgan fingerprint density at radius 2 is 1.55 bits per heavy atom. The van der Waals surface area contributed by atoms with Crippen LogP contribution in [0.3, 0.4) is 0 Å². The Hall–Kier alpha value is -3.51. The molecule has 3 N–H and O–H groups in total. The average Bonchev–Trinajstić information content (AvgIpc) is 3.09. The van der Waals surface area contributed by atoms with Crippen molar-refractivity contribution in [1.29, 1.82) is 0 Å². The topological polar surface area (TPSA) is 102 Å². The molecule has 0 aliphatic carbocycles. The third-order valence-corrected chi connectivity index (χ3v) is 11.5. The van der Waals surface area contributed by atoms with Gasteiger partial charge >= 0.3 is 12.2 Å². The van der Waals surface area contributed by atoms with Gasteiger partial charge in [0.05, 0.1) is 22.2 Å². The molecule has 2 aromatic carbocycles. The number of alkyl halides is 3. The Morgan fingerprint density at radius 1 is 0.939 bits per heavy atom. The normalized spacial score (nSPS) is 21.0. The molecule has 2 aromatic rings. The minimum Gasteiger partial charge on any atom is -0.397 e. The standard InChI is InChI=1S/C36H46ClF3N6O3/c1-43-12-6-24(7-13-43)25-8-14-45(15-9-25)34(48)27(18-23-19-29(36(38,39)40)33(41)30(37)20-23)21-32(47)44-16-10-28(11-17-44)46-22-26-4-2-3-5-31(26)42-35(46)49/h2-5,19-20,24-25,27-28H,6-18,21-22,41H2,1H3,(H,42,49). The predicted molar refractivity (Wildman–Crippen MR) is 183 cm³/mol. The van der Waals surface area contributed by atoms with Gasteiger partial charge in [-0.2, -0.15) is 13.2 Å². The summed E-state index contributed by atoms with van der Waals surface area (Å²) in [5.74, 6) is -0.105. The van der Waals surface area contributed by atoms with Crippen LogP contribution in [0.15, 0.2) is 36.4 Å². The quantitative estimate of drug-likeness (QED) is 0.339. The van der Waals surface area contributed by atoms with E-state index in [-0.39, 0.29) is 47.3 Å². The Kier molecular flexibility index (Phi) is 10.6. The zero-order valence-electron chi connectivity index (χ0n) is 28.0. The number of carbonyl (C=O) groups is 3. The molecule has 0 radical (unpaired) electrons. The van der Waals surface area contributed by atoms with Gasteiger partial charge < -0.3 is 30.7 Å². The summed E-state index contributed by atoms with van der Waals surface area (Å²) in [5, 5.41) is 2.72. The lowest BCUT2D eigenvalue weighted by Gasteiger charge is -2.41. The Balaban J connectivity index is 1.13. The zero-order chi connectivity index (χ0) is 34.9. The minimum absolute atomic E-state index is 0.0431. The van der Waals surface area contributed by atoms with Crippen LogP contribution in [0.5, 0.6) is 0 Å². The fourth-order valence-corrected chi connectivity index (χ4v) is 8.43. The molecule has 0 bridgehead atoms. The van der Waals surface area contributed by atoms with Gasteiger partial charge in [0.15, 0.2) is 0 Å². The number of nitrogens with two attached hydrogens (primary N) is 1. The highest BCUT2D eigenvalue weighted by atomic mass is 35.5. The highest BCUT2D eigenvalue weighted by Crippen LogP contribution is 2.39. The maximum Gasteiger partial charge on any atom is 0.418 e. The molecule has 6 rings (SSSR count). The van der Waals surface area contributed by atoms with Gasteiger partial charge in [-0.1, -0.05) is 29.8 Å². The van der Waals surface area contributed by atoms with Crippen molar-refractivity contribution >= 4 is 40.8 Å². The molecular formula is C36H46ClF3N6O3. The number of para-hydroxylation sites is 1. The van der Waals surface area contributed by atoms with Crippen molar-refractivity contribution in [1.82, 2.24) is 19.6 Å². The van der Waals surface area contributed by atoms with Crippen LogP contribution < -0.4 is 11.1 Å². The number of hydrogen-bond acceptors (Lipinski definition) is 5. The van der Waals surface area contributed by atoms with Crippen molar-refractivity contribution in [3.63, 3.8) is 0 Å². The van der Waals surface area contributed by atoms with E-state index in [1.54, 1.807) is 9.80 Å². The first-order chi connectivity index (χ1) is 23.4. The number of benzene rings is 2. The molecule has 4 aliphatic heterocycles. The van der Waals surface area contributed by atoms with Crippen LogP contribution in [0.2, 0.25) is 5.02 Å². The number of carbonyl (C=O) groups excluding carboxylic acids is 3. The number of nitrogens with one attached hydrogen (secondary N) is 1. The molecule has 4 heterocycles. The fourth-order valence-electron chi connectivity index (χ4n) is 8.19. The number of likely N-dealkylation sites (tertiary alicyclic amines) is 3. The first-order valence-electron chi connectivity index (χ1n) is 17.4. The van der Waals surface area contributed by atoms with E-state index in [1.807, 2.05) is 29.2 Å². The van der Waals surface area contributed by atoms with E-state index in [2.05, 4.69) is 17.3 Å². The molecule has 3 saturated heterocycles. The van der Waals surface area contributed by atoms with Crippen LogP contribution >= 0.6 is 11.6 Å². The summed E-state index contributed by atoms with van der Waals surface area (Å²) in [5.41, 5.74) is 6.15. The molecule has 13 heteroatoms. The largest absolute Gasteiger partial charge is 0.418 e. The van der Waals surface area contributed by atoms with Crippen molar-refractivity contribution in [2.45, 2.75) is 70.1 Å². The van der Waals surface area contributed by atoms with Gasteiger partial charge in [-0.15, -0.1) is 0 Å². The van der Waals surface area contributed by atoms with Gasteiger partial charge in [0.1, 0.15) is 0 Å². The summed E-state index contributed by atoms with van der Waals surface area (Å²) in [6.07, 6.45) is 0.345. The number of rotatable bonds is 7. The molecule has 49 heavy (non-hydrogen) atoms. The van der Waals surface area contributed by atoms with Crippen LogP contribution in [0.4, 0.5) is 29.3 Å². The summed E-state index contributed by atoms with van der Waals surface area (Å²) in [6.45, 7) is 4.64. The maximum absolute atomic E-state index is 14.1. The lowest BCUT2D eigenvalue weighted by atomic mass is 9.78. The van der Waals surface area contributed by atoms with Crippen LogP contribution in [-0.2, 0) is 28.7 Å². The van der Waals surface area contributed by atoms with Gasteiger partial charge in [0.25, 0.3) is 0 Å². The number of amides is 4. The summed E-state index contributed by atoms with van der Waals surface area (Å²) in [4.78, 5) is 48.4. The lowest BCUT2D eigenvalue weighted by Crippen LogP contribution is -2.51. The predicted octanol–water partition coefficient (Wildman–Crippen LogP) is 6.11. The van der Waals surface area contributed by atoms with Crippen molar-refractivity contribution in [2.75, 3.05) is 57.4 Å². The van der Waals surface area contributed by atoms with E-state index < -0.39 is 23.3 Å². The Labute approximate surface area is 290 Å². The Morgan fingerprint density at radius 3 is 2.20 bits per heavy atom. The molecule has 9 nitrogen and oxygen atoms in total. The molecule has 1 unspecified atom stereocenters. The Bertz CT molecular complexity index is 1530. The number of nitrogens with zero attached hydrogens (tertiary/aromatic N) is 4. The smallest absolute Gasteiger partial charge is 0.397 e. The van der Waals surface area contributed by atoms with Gasteiger partial charge in [-0.05, 0) is 106 Å². The van der Waals surface area contributed by atoms with Crippen molar-refractivity contribution < 1.29 is 27.6 Å². The minimum atomic E-state index is -4.72. The number of piperidine rings is 3. The monoisotopic (exact) mass is 702 g/mol. The summed E-state index contributed by atoms with van der Waals surface area (Å²) < 4.78 is 41.5. The number of hydrogen-bond donors (Lipinski definition) is 2. The number of halogens is 4. The number of urea groups is 1. The number of nitrogen functional groups attached to an aromatic ring is 1. The average molecular weight is 703 g/mol. The lowest BCUT2D eigenvalue weighted by molar-refractivity contribution is -0.143. The highest BCUT2D eigenvalue weighted by Gasteiger charge is 2.38. The number of fused-ring (bicyclic) bond motifs is 1. The van der Waals surface area contributed by atoms with E-state index >= 15 is 0 Å². The molecule has 0 saturated carbocycles. The zero-order valence-corrected chi connectivity index (χ0v) is 28.7. The van der Waals surface area contributed by atoms with Crippen molar-refractivity contribution in [2.24, 2.45) is 17.8 Å². The molecule has 0 spiro atoms. The summed E-state index contributed by atoms with van der Waals surface area (Å²) in [6, 6.07) is 9.81. The SMILES string of the molecule is CN1CCC(C2CCN(C(=O)C(CC(=O)N3CCC(N4Cc5ccccc5NC4=O)CC3)Cc3cc(Cl)c(N)c(C(F)(F)F)c3)CC2)CC1. The van der Waals surface area contributed by atoms with E-state index in [0.29, 0.717) is 57.4 Å². The second-order valence-corrected chi connectivity index (χ2v) is 14.7. The number of anilines is 2. The molecular weight excluding hydrogens is 657 g/mol. The third kappa shape index (κ3) is 8.11. The van der Waals surface area contributed by atoms with Crippen LogP contribution in [0.25, 0.3) is 0 Å². The van der Waals surface area contributed by atoms with E-state index in [4.69, 9.17) is 17.3 Å². The molecule has 3 fully saturated rings. The van der Waals surface area contributed by atoms with Crippen LogP contribution in [0.1, 0.15) is 61.6 Å². The van der Waals surface area contributed by atoms with Crippen LogP contribution in [-0.4, -0.2) is 89.8 Å². The first kappa shape index (κ1) is 35.3. The second kappa shape index (κ2) is 14.8. The summed E-state index contributed by atoms with van der Waals surface area (Å²) >= 11 is 6.15. The molecule has 1 atom stereocenters. The van der Waals surface area contributed by atoms with Crippen molar-refractivity contribution in [3.8, 4) is 0 Å². The van der Waals surface area contributed by atoms with Crippen molar-refractivity contribution in [3.05, 3.63) is 58.1 Å². The van der Waals surface area contributed by atoms with Gasteiger partial charge in [-0.3, -0.25) is 9.59 Å². The maximum atomic E-state index is 14.1. The molecule has 0 aromatic heterocycles.